The van der Waals surface area contributed by atoms with Gasteiger partial charge in [-0.05, 0) is 86.0 Å². The number of hydrogen-bond acceptors (Lipinski definition) is 5. The predicted octanol–water partition coefficient (Wildman–Crippen LogP) is 5.92. The van der Waals surface area contributed by atoms with Crippen LogP contribution in [0.15, 0.2) is 71.6 Å². The first kappa shape index (κ1) is 33.2. The highest BCUT2D eigenvalue weighted by atomic mass is 35.5. The van der Waals surface area contributed by atoms with Gasteiger partial charge < -0.3 is 15.0 Å². The highest BCUT2D eigenvalue weighted by molar-refractivity contribution is 7.92. The van der Waals surface area contributed by atoms with Gasteiger partial charge in [0.05, 0.1) is 27.2 Å². The number of carbonyl (C=O) groups is 2. The number of nitrogens with one attached hydrogen (secondary N) is 1. The van der Waals surface area contributed by atoms with Crippen LogP contribution in [0.2, 0.25) is 10.0 Å². The van der Waals surface area contributed by atoms with E-state index in [1.165, 1.54) is 17.0 Å². The largest absolute Gasteiger partial charge is 0.494 e. The molecule has 3 rings (SSSR count). The van der Waals surface area contributed by atoms with Crippen LogP contribution < -0.4 is 14.4 Å². The average Bonchev–Trinajstić information content (AvgIpc) is 2.95. The van der Waals surface area contributed by atoms with Crippen molar-refractivity contribution in [1.29, 1.82) is 0 Å². The SMILES string of the molecule is CCOc1ccc(N(CC(=O)N(Cc2ccc(Cl)c(Cl)c2)[C@@H](C)C(=O)NCC(C)C)S(=O)(=O)c2ccc(F)cc2)cc1. The van der Waals surface area contributed by atoms with Gasteiger partial charge in [0.2, 0.25) is 11.8 Å². The first-order valence-corrected chi connectivity index (χ1v) is 15.5. The minimum Gasteiger partial charge on any atom is -0.494 e. The third-order valence-electron chi connectivity index (χ3n) is 6.30. The highest BCUT2D eigenvalue weighted by Gasteiger charge is 2.32. The third-order valence-corrected chi connectivity index (χ3v) is 8.83. The van der Waals surface area contributed by atoms with E-state index in [2.05, 4.69) is 5.32 Å². The Labute approximate surface area is 256 Å². The molecule has 1 atom stereocenters. The number of halogens is 3. The second-order valence-electron chi connectivity index (χ2n) is 9.98. The highest BCUT2D eigenvalue weighted by Crippen LogP contribution is 2.28. The molecule has 3 aromatic carbocycles. The van der Waals surface area contributed by atoms with Crippen LogP contribution >= 0.6 is 23.2 Å². The van der Waals surface area contributed by atoms with E-state index in [9.17, 15) is 22.4 Å². The van der Waals surface area contributed by atoms with Crippen molar-refractivity contribution in [2.75, 3.05) is 24.0 Å². The predicted molar refractivity (Wildman–Crippen MR) is 163 cm³/mol. The number of ether oxygens (including phenoxy) is 1. The molecule has 2 amide bonds. The standard InChI is InChI=1S/C30H34Cl2FN3O5S/c1-5-41-25-11-9-24(10-12-25)36(42(39,40)26-13-7-23(33)8-14-26)19-29(37)35(21(4)30(38)34-17-20(2)3)18-22-6-15-27(31)28(32)16-22/h6-16,20-21H,5,17-19H2,1-4H3,(H,34,38)/t21-/m0/s1. The van der Waals surface area contributed by atoms with Gasteiger partial charge in [-0.15, -0.1) is 0 Å². The topological polar surface area (TPSA) is 96.0 Å². The Morgan fingerprint density at radius 2 is 1.60 bits per heavy atom. The molecule has 0 fully saturated rings. The first-order chi connectivity index (χ1) is 19.8. The molecule has 0 radical (unpaired) electrons. The van der Waals surface area contributed by atoms with Gasteiger partial charge in [0.15, 0.2) is 0 Å². The summed E-state index contributed by atoms with van der Waals surface area (Å²) in [5, 5.41) is 3.43. The lowest BCUT2D eigenvalue weighted by atomic mass is 10.1. The molecular formula is C30H34Cl2FN3O5S. The molecule has 0 heterocycles. The lowest BCUT2D eigenvalue weighted by molar-refractivity contribution is -0.139. The Bertz CT molecular complexity index is 1490. The third kappa shape index (κ3) is 8.59. The molecule has 12 heteroatoms. The van der Waals surface area contributed by atoms with E-state index < -0.39 is 40.2 Å². The van der Waals surface area contributed by atoms with Gasteiger partial charge in [0.25, 0.3) is 10.0 Å². The van der Waals surface area contributed by atoms with E-state index in [-0.39, 0.29) is 28.1 Å². The quantitative estimate of drug-likeness (QED) is 0.251. The van der Waals surface area contributed by atoms with Crippen LogP contribution in [0.4, 0.5) is 10.1 Å². The maximum atomic E-state index is 14.0. The zero-order valence-corrected chi connectivity index (χ0v) is 26.1. The molecule has 42 heavy (non-hydrogen) atoms. The van der Waals surface area contributed by atoms with E-state index in [1.54, 1.807) is 37.3 Å². The maximum absolute atomic E-state index is 14.0. The van der Waals surface area contributed by atoms with Crippen LogP contribution in [0.25, 0.3) is 0 Å². The Kier molecular flexibility index (Phi) is 11.6. The van der Waals surface area contributed by atoms with Crippen LogP contribution in [0.5, 0.6) is 5.75 Å². The molecule has 0 saturated carbocycles. The zero-order chi connectivity index (χ0) is 31.0. The lowest BCUT2D eigenvalue weighted by Crippen LogP contribution is -2.51. The van der Waals surface area contributed by atoms with Crippen LogP contribution in [0.3, 0.4) is 0 Å². The fraction of sp³-hybridized carbons (Fsp3) is 0.333. The van der Waals surface area contributed by atoms with Gasteiger partial charge in [-0.1, -0.05) is 43.1 Å². The zero-order valence-electron chi connectivity index (χ0n) is 23.8. The fourth-order valence-electron chi connectivity index (χ4n) is 4.01. The Hall–Kier alpha value is -3.34. The van der Waals surface area contributed by atoms with Crippen molar-refractivity contribution in [1.82, 2.24) is 10.2 Å². The van der Waals surface area contributed by atoms with Gasteiger partial charge >= 0.3 is 0 Å². The van der Waals surface area contributed by atoms with Gasteiger partial charge in [-0.2, -0.15) is 0 Å². The lowest BCUT2D eigenvalue weighted by Gasteiger charge is -2.32. The normalized spacial score (nSPS) is 12.1. The van der Waals surface area contributed by atoms with Crippen molar-refractivity contribution in [3.63, 3.8) is 0 Å². The van der Waals surface area contributed by atoms with E-state index in [1.807, 2.05) is 20.8 Å². The molecule has 0 saturated heterocycles. The molecule has 226 valence electrons. The number of rotatable bonds is 13. The number of amides is 2. The number of carbonyl (C=O) groups excluding carboxylic acids is 2. The van der Waals surface area contributed by atoms with Crippen molar-refractivity contribution in [3.05, 3.63) is 88.2 Å². The van der Waals surface area contributed by atoms with E-state index in [0.29, 0.717) is 29.5 Å². The number of hydrogen-bond donors (Lipinski definition) is 1. The summed E-state index contributed by atoms with van der Waals surface area (Å²) in [6.07, 6.45) is 0. The molecule has 0 spiro atoms. The molecule has 3 aromatic rings. The minimum absolute atomic E-state index is 0.0420. The number of nitrogens with zero attached hydrogens (tertiary/aromatic N) is 2. The smallest absolute Gasteiger partial charge is 0.264 e. The second-order valence-corrected chi connectivity index (χ2v) is 12.7. The fourth-order valence-corrected chi connectivity index (χ4v) is 5.74. The van der Waals surface area contributed by atoms with Crippen molar-refractivity contribution < 1.29 is 27.1 Å². The summed E-state index contributed by atoms with van der Waals surface area (Å²) in [7, 11) is -4.34. The van der Waals surface area contributed by atoms with E-state index in [4.69, 9.17) is 27.9 Å². The van der Waals surface area contributed by atoms with Crippen molar-refractivity contribution in [3.8, 4) is 5.75 Å². The Morgan fingerprint density at radius 3 is 2.17 bits per heavy atom. The average molecular weight is 639 g/mol. The minimum atomic E-state index is -4.34. The van der Waals surface area contributed by atoms with Crippen LogP contribution in [-0.2, 0) is 26.2 Å². The summed E-state index contributed by atoms with van der Waals surface area (Å²) >= 11 is 12.3. The monoisotopic (exact) mass is 637 g/mol. The Morgan fingerprint density at radius 1 is 0.952 bits per heavy atom. The molecule has 0 aliphatic heterocycles. The summed E-state index contributed by atoms with van der Waals surface area (Å²) in [5.41, 5.74) is 0.776. The van der Waals surface area contributed by atoms with Crippen LogP contribution in [0, 0.1) is 11.7 Å². The van der Waals surface area contributed by atoms with Gasteiger partial charge in [-0.3, -0.25) is 13.9 Å². The summed E-state index contributed by atoms with van der Waals surface area (Å²) in [6.45, 7) is 7.40. The summed E-state index contributed by atoms with van der Waals surface area (Å²) in [6, 6.07) is 14.4. The summed E-state index contributed by atoms with van der Waals surface area (Å²) in [5.74, 6) is -0.953. The molecular weight excluding hydrogens is 604 g/mol. The van der Waals surface area contributed by atoms with Crippen molar-refractivity contribution in [2.24, 2.45) is 5.92 Å². The van der Waals surface area contributed by atoms with Gasteiger partial charge in [0, 0.05) is 13.1 Å². The number of sulfonamides is 1. The van der Waals surface area contributed by atoms with Gasteiger partial charge in [0.1, 0.15) is 24.2 Å². The maximum Gasteiger partial charge on any atom is 0.264 e. The summed E-state index contributed by atoms with van der Waals surface area (Å²) in [4.78, 5) is 28.1. The second kappa shape index (κ2) is 14.7. The molecule has 0 aliphatic rings. The Balaban J connectivity index is 2.03. The van der Waals surface area contributed by atoms with Crippen molar-refractivity contribution >= 4 is 50.7 Å². The van der Waals surface area contributed by atoms with E-state index in [0.717, 1.165) is 28.6 Å². The molecule has 0 aromatic heterocycles. The molecule has 0 unspecified atom stereocenters. The molecule has 1 N–H and O–H groups in total. The molecule has 8 nitrogen and oxygen atoms in total. The molecule has 0 bridgehead atoms. The summed E-state index contributed by atoms with van der Waals surface area (Å²) < 4.78 is 47.7. The van der Waals surface area contributed by atoms with E-state index >= 15 is 0 Å². The number of benzene rings is 3. The number of anilines is 1. The van der Waals surface area contributed by atoms with Crippen molar-refractivity contribution in [2.45, 2.75) is 45.2 Å². The van der Waals surface area contributed by atoms with Gasteiger partial charge in [-0.25, -0.2) is 12.8 Å². The van der Waals surface area contributed by atoms with Crippen LogP contribution in [-0.4, -0.2) is 50.9 Å². The van der Waals surface area contributed by atoms with Crippen LogP contribution in [0.1, 0.15) is 33.3 Å². The first-order valence-electron chi connectivity index (χ1n) is 13.4. The molecule has 0 aliphatic carbocycles.